The molecule has 1 aromatic heterocycles. The molecule has 4 atom stereocenters. The molecule has 0 bridgehead atoms. The maximum absolute atomic E-state index is 14.1. The normalized spacial score (nSPS) is 25.9. The average Bonchev–Trinajstić information content (AvgIpc) is 3.41. The zero-order chi connectivity index (χ0) is 30.9. The molecule has 224 valence electrons. The van der Waals surface area contributed by atoms with E-state index in [0.717, 1.165) is 5.69 Å². The molecule has 7 N–H and O–H groups in total. The third-order valence-electron chi connectivity index (χ3n) is 8.63. The van der Waals surface area contributed by atoms with Gasteiger partial charge in [-0.25, -0.2) is 0 Å². The molecule has 1 amide bonds. The fraction of sp³-hybridized carbons (Fsp3) is 0.467. The van der Waals surface area contributed by atoms with Crippen molar-refractivity contribution in [3.63, 3.8) is 0 Å². The third kappa shape index (κ3) is 4.47. The molecule has 0 aliphatic heterocycles. The number of fused-ring (bicyclic) bond motifs is 3. The fourth-order valence-electron chi connectivity index (χ4n) is 6.26. The van der Waals surface area contributed by atoms with Crippen molar-refractivity contribution >= 4 is 39.2 Å². The van der Waals surface area contributed by atoms with Crippen LogP contribution in [0, 0.1) is 17.3 Å². The van der Waals surface area contributed by atoms with E-state index in [1.165, 1.54) is 6.07 Å². The molecular formula is C30H34BrN3O8. The van der Waals surface area contributed by atoms with E-state index >= 15 is 0 Å². The van der Waals surface area contributed by atoms with E-state index in [1.54, 1.807) is 12.1 Å². The van der Waals surface area contributed by atoms with Gasteiger partial charge in [-0.05, 0) is 47.8 Å². The number of aromatic nitrogens is 1. The smallest absolute Gasteiger partial charge is 0.255 e. The Labute approximate surface area is 250 Å². The van der Waals surface area contributed by atoms with Gasteiger partial charge in [0.05, 0.1) is 17.3 Å². The number of rotatable bonds is 7. The van der Waals surface area contributed by atoms with Gasteiger partial charge in [-0.15, -0.1) is 0 Å². The zero-order valence-electron chi connectivity index (χ0n) is 23.7. The first kappa shape index (κ1) is 30.0. The van der Waals surface area contributed by atoms with Crippen molar-refractivity contribution in [2.75, 3.05) is 11.9 Å². The molecule has 12 heteroatoms. The van der Waals surface area contributed by atoms with E-state index in [9.17, 15) is 34.8 Å². The highest BCUT2D eigenvalue weighted by atomic mass is 79.9. The number of hydrogen-bond acceptors (Lipinski definition) is 10. The van der Waals surface area contributed by atoms with Gasteiger partial charge in [0.2, 0.25) is 5.78 Å². The number of nitrogens with one attached hydrogen (secondary N) is 1. The number of carbonyl (C=O) groups is 3. The van der Waals surface area contributed by atoms with Crippen LogP contribution in [0.4, 0.5) is 0 Å². The molecule has 1 aromatic carbocycles. The van der Waals surface area contributed by atoms with Crippen LogP contribution in [-0.2, 0) is 20.8 Å². The Kier molecular flexibility index (Phi) is 7.39. The van der Waals surface area contributed by atoms with Crippen LogP contribution < -0.4 is 11.1 Å². The summed E-state index contributed by atoms with van der Waals surface area (Å²) >= 11 is 3.44. The lowest BCUT2D eigenvalue weighted by atomic mass is 9.57. The summed E-state index contributed by atoms with van der Waals surface area (Å²) in [5.74, 6) is -6.52. The summed E-state index contributed by atoms with van der Waals surface area (Å²) in [4.78, 5) is 39.9. The van der Waals surface area contributed by atoms with Crippen LogP contribution in [0.25, 0.3) is 17.1 Å². The molecule has 0 saturated heterocycles. The number of aromatic hydroxyl groups is 1. The summed E-state index contributed by atoms with van der Waals surface area (Å²) in [6, 6.07) is 3.55. The lowest BCUT2D eigenvalue weighted by molar-refractivity contribution is -0.150. The number of amides is 1. The number of primary amides is 1. The van der Waals surface area contributed by atoms with Gasteiger partial charge < -0.3 is 36.0 Å². The average molecular weight is 645 g/mol. The second-order valence-electron chi connectivity index (χ2n) is 12.5. The Balaban J connectivity index is 1.67. The summed E-state index contributed by atoms with van der Waals surface area (Å²) in [6.07, 6.45) is 0.132. The summed E-state index contributed by atoms with van der Waals surface area (Å²) in [6.45, 7) is 8.06. The van der Waals surface area contributed by atoms with Crippen molar-refractivity contribution in [2.45, 2.75) is 58.1 Å². The van der Waals surface area contributed by atoms with Gasteiger partial charge in [0.15, 0.2) is 17.1 Å². The van der Waals surface area contributed by atoms with Crippen molar-refractivity contribution in [1.82, 2.24) is 10.5 Å². The zero-order valence-corrected chi connectivity index (χ0v) is 25.3. The summed E-state index contributed by atoms with van der Waals surface area (Å²) in [7, 11) is 0. The number of Topliss-reactive ketones (excluding diaryl/α,β-unsaturated/α-hetero) is 2. The van der Waals surface area contributed by atoms with E-state index in [-0.39, 0.29) is 47.6 Å². The molecule has 11 nitrogen and oxygen atoms in total. The SMILES string of the molecule is CC(C)c1cc(-c2ccc(O)c3c2C[C@H]2C[C@H]4[C@@H](NCC(C)(C)CBr)C(=O)C(C(N)=O)=C(O)[C@@]4(O)C(=O)C2=C3O)on1. The molecule has 0 unspecified atom stereocenters. The van der Waals surface area contributed by atoms with Crippen molar-refractivity contribution in [3.8, 4) is 17.1 Å². The van der Waals surface area contributed by atoms with Crippen LogP contribution in [-0.4, -0.2) is 66.6 Å². The maximum atomic E-state index is 14.1. The molecule has 42 heavy (non-hydrogen) atoms. The van der Waals surface area contributed by atoms with Crippen LogP contribution in [0.1, 0.15) is 56.9 Å². The minimum Gasteiger partial charge on any atom is -0.508 e. The van der Waals surface area contributed by atoms with Crippen LogP contribution in [0.15, 0.2) is 39.6 Å². The number of alkyl halides is 1. The number of nitrogens with zero attached hydrogens (tertiary/aromatic N) is 1. The Morgan fingerprint density at radius 1 is 1.26 bits per heavy atom. The molecular weight excluding hydrogens is 610 g/mol. The van der Waals surface area contributed by atoms with Gasteiger partial charge in [0.1, 0.15) is 22.8 Å². The first-order chi connectivity index (χ1) is 19.6. The highest BCUT2D eigenvalue weighted by Gasteiger charge is 2.63. The fourth-order valence-corrected chi connectivity index (χ4v) is 6.46. The number of nitrogens with two attached hydrogens (primary N) is 1. The molecule has 1 fully saturated rings. The second-order valence-corrected chi connectivity index (χ2v) is 13.0. The number of aliphatic hydroxyl groups excluding tert-OH is 2. The van der Waals surface area contributed by atoms with Crippen LogP contribution in [0.2, 0.25) is 0 Å². The molecule has 0 radical (unpaired) electrons. The van der Waals surface area contributed by atoms with Gasteiger partial charge >= 0.3 is 0 Å². The standard InChI is InChI=1S/C30H34BrN3O8/c1-12(2)17-9-19(42-34-17)14-5-6-18(35)21-15(14)7-13-8-16-23(33-11-29(3,4)10-31)25(37)22(28(32)40)27(39)30(16,41)26(38)20(13)24(21)36/h5-6,9,12-13,16,23,33,35-36,39,41H,7-8,10-11H2,1-4H3,(H2,32,40)/t13-,16-,23+,30-/m0/s1. The maximum Gasteiger partial charge on any atom is 0.255 e. The van der Waals surface area contributed by atoms with Crippen LogP contribution in [0.5, 0.6) is 5.75 Å². The number of ketones is 2. The quantitative estimate of drug-likeness (QED) is 0.192. The largest absolute Gasteiger partial charge is 0.508 e. The molecule has 1 saturated carbocycles. The number of hydrogen-bond donors (Lipinski definition) is 6. The van der Waals surface area contributed by atoms with E-state index in [0.29, 0.717) is 22.2 Å². The minimum atomic E-state index is -2.71. The molecule has 3 aliphatic carbocycles. The molecule has 1 heterocycles. The molecule has 0 spiro atoms. The van der Waals surface area contributed by atoms with Gasteiger partial charge in [-0.1, -0.05) is 48.8 Å². The predicted octanol–water partition coefficient (Wildman–Crippen LogP) is 3.19. The molecule has 3 aliphatic rings. The van der Waals surface area contributed by atoms with Crippen molar-refractivity contribution < 1.29 is 39.3 Å². The van der Waals surface area contributed by atoms with Gasteiger partial charge in [0.25, 0.3) is 5.91 Å². The topological polar surface area (TPSA) is 196 Å². The molecule has 5 rings (SSSR count). The Bertz CT molecular complexity index is 1570. The number of phenols is 1. The van der Waals surface area contributed by atoms with Gasteiger partial charge in [0, 0.05) is 35.0 Å². The van der Waals surface area contributed by atoms with Crippen LogP contribution >= 0.6 is 15.9 Å². The summed E-state index contributed by atoms with van der Waals surface area (Å²) in [5, 5.41) is 53.0. The van der Waals surface area contributed by atoms with Crippen molar-refractivity contribution in [3.05, 3.63) is 51.9 Å². The number of carbonyl (C=O) groups excluding carboxylic acids is 3. The highest BCUT2D eigenvalue weighted by molar-refractivity contribution is 9.09. The predicted molar refractivity (Wildman–Crippen MR) is 156 cm³/mol. The number of halogens is 1. The summed E-state index contributed by atoms with van der Waals surface area (Å²) in [5.41, 5.74) is 3.09. The lowest BCUT2D eigenvalue weighted by Crippen LogP contribution is -2.66. The Hall–Kier alpha value is -3.48. The van der Waals surface area contributed by atoms with E-state index in [2.05, 4.69) is 26.4 Å². The van der Waals surface area contributed by atoms with Gasteiger partial charge in [-0.2, -0.15) is 0 Å². The highest BCUT2D eigenvalue weighted by Crippen LogP contribution is 2.53. The number of phenolic OH excluding ortho intramolecular Hbond substituents is 1. The van der Waals surface area contributed by atoms with Crippen LogP contribution in [0.3, 0.4) is 0 Å². The monoisotopic (exact) mass is 643 g/mol. The van der Waals surface area contributed by atoms with Crippen molar-refractivity contribution in [1.29, 1.82) is 0 Å². The minimum absolute atomic E-state index is 0.00382. The lowest BCUT2D eigenvalue weighted by Gasteiger charge is -2.49. The van der Waals surface area contributed by atoms with Gasteiger partial charge in [-0.3, -0.25) is 14.4 Å². The Morgan fingerprint density at radius 3 is 2.55 bits per heavy atom. The van der Waals surface area contributed by atoms with E-state index in [1.807, 2.05) is 27.7 Å². The first-order valence-electron chi connectivity index (χ1n) is 13.7. The third-order valence-corrected chi connectivity index (χ3v) is 10.1. The molecule has 2 aromatic rings. The first-order valence-corrected chi connectivity index (χ1v) is 14.9. The Morgan fingerprint density at radius 2 is 1.95 bits per heavy atom. The number of benzene rings is 1. The van der Waals surface area contributed by atoms with Crippen molar-refractivity contribution in [2.24, 2.45) is 23.0 Å². The second kappa shape index (κ2) is 10.4. The van der Waals surface area contributed by atoms with E-state index < -0.39 is 58.0 Å². The van der Waals surface area contributed by atoms with E-state index in [4.69, 9.17) is 10.3 Å². The number of aliphatic hydroxyl groups is 3. The summed E-state index contributed by atoms with van der Waals surface area (Å²) < 4.78 is 5.59.